The number of sulfone groups is 1. The monoisotopic (exact) mass is 294 g/mol. The molecule has 2 aromatic rings. The van der Waals surface area contributed by atoms with Gasteiger partial charge in [0.05, 0.1) is 4.90 Å². The molecule has 0 spiro atoms. The molecule has 0 aliphatic carbocycles. The Bertz CT molecular complexity index is 655. The zero-order valence-corrected chi connectivity index (χ0v) is 12.6. The third-order valence-corrected chi connectivity index (χ3v) is 4.25. The van der Waals surface area contributed by atoms with E-state index in [0.29, 0.717) is 12.1 Å². The van der Waals surface area contributed by atoms with E-state index in [2.05, 4.69) is 5.10 Å². The minimum atomic E-state index is -3.81. The third kappa shape index (κ3) is 3.33. The smallest absolute Gasteiger partial charge is 0.339 e. The van der Waals surface area contributed by atoms with Crippen LogP contribution < -0.4 is 4.85 Å². The Hall–Kier alpha value is -1.95. The fourth-order valence-electron chi connectivity index (χ4n) is 1.53. The normalized spacial score (nSPS) is 10.6. The number of hydrogen-bond donors (Lipinski definition) is 0. The van der Waals surface area contributed by atoms with Crippen molar-refractivity contribution in [3.63, 3.8) is 0 Å². The predicted molar refractivity (Wildman–Crippen MR) is 75.8 cm³/mol. The van der Waals surface area contributed by atoms with Crippen molar-refractivity contribution < 1.29 is 13.3 Å². The summed E-state index contributed by atoms with van der Waals surface area (Å²) in [6, 6.07) is 10.7. The van der Waals surface area contributed by atoms with Gasteiger partial charge in [0.2, 0.25) is 0 Å². The Balaban J connectivity index is 0.000000956. The van der Waals surface area contributed by atoms with E-state index in [1.54, 1.807) is 24.3 Å². The molecule has 108 valence electrons. The van der Waals surface area contributed by atoms with Gasteiger partial charge in [-0.05, 0) is 29.5 Å². The number of hydrogen-bond acceptors (Lipinski definition) is 4. The maximum atomic E-state index is 12.2. The van der Waals surface area contributed by atoms with Gasteiger partial charge in [-0.25, -0.2) is 8.42 Å². The Morgan fingerprint density at radius 2 is 1.70 bits per heavy atom. The summed E-state index contributed by atoms with van der Waals surface area (Å²) in [7, 11) is -3.81. The van der Waals surface area contributed by atoms with Crippen LogP contribution in [0.1, 0.15) is 26.5 Å². The lowest BCUT2D eigenvalue weighted by Crippen LogP contribution is -2.38. The molecule has 1 aromatic heterocycles. The molecule has 0 N–H and O–H groups in total. The molecule has 0 radical (unpaired) electrons. The van der Waals surface area contributed by atoms with Crippen molar-refractivity contribution >= 4 is 9.84 Å². The van der Waals surface area contributed by atoms with Gasteiger partial charge in [0.25, 0.3) is 9.84 Å². The standard InChI is InChI=1S/C12H12N2O3S.C2H6/c1-2-10-8-9-12(14(15)13-10)18(16,17)11-6-4-3-5-7-11;1-2/h3-9H,2H2,1H3;1-2H3. The molecule has 0 aliphatic heterocycles. The average molecular weight is 294 g/mol. The van der Waals surface area contributed by atoms with Crippen molar-refractivity contribution in [2.45, 2.75) is 37.1 Å². The van der Waals surface area contributed by atoms with Gasteiger partial charge >= 0.3 is 5.03 Å². The second-order valence-electron chi connectivity index (χ2n) is 3.71. The van der Waals surface area contributed by atoms with Crippen LogP contribution in [0.5, 0.6) is 0 Å². The molecular weight excluding hydrogens is 276 g/mol. The SMILES string of the molecule is CC.CCc1ccc(S(=O)(=O)c2ccccc2)[n+]([O-])n1. The van der Waals surface area contributed by atoms with Gasteiger partial charge in [0, 0.05) is 11.2 Å². The first-order valence-corrected chi connectivity index (χ1v) is 7.94. The molecule has 1 heterocycles. The molecule has 2 rings (SSSR count). The average Bonchev–Trinajstić information content (AvgIpc) is 2.49. The van der Waals surface area contributed by atoms with E-state index in [0.717, 1.165) is 0 Å². The summed E-state index contributed by atoms with van der Waals surface area (Å²) in [6.45, 7) is 5.84. The van der Waals surface area contributed by atoms with Gasteiger partial charge < -0.3 is 5.21 Å². The van der Waals surface area contributed by atoms with Gasteiger partial charge in [-0.1, -0.05) is 39.0 Å². The summed E-state index contributed by atoms with van der Waals surface area (Å²) in [6.07, 6.45) is 0.577. The molecule has 0 saturated heterocycles. The fraction of sp³-hybridized carbons (Fsp3) is 0.286. The van der Waals surface area contributed by atoms with Crippen LogP contribution in [-0.4, -0.2) is 13.5 Å². The van der Waals surface area contributed by atoms with Gasteiger partial charge in [-0.3, -0.25) is 0 Å². The van der Waals surface area contributed by atoms with Crippen LogP contribution in [0.4, 0.5) is 0 Å². The lowest BCUT2D eigenvalue weighted by atomic mass is 10.3. The summed E-state index contributed by atoms with van der Waals surface area (Å²) in [5.41, 5.74) is 0.553. The molecule has 0 amide bonds. The summed E-state index contributed by atoms with van der Waals surface area (Å²) in [5.74, 6) is 0. The van der Waals surface area contributed by atoms with Crippen LogP contribution in [0.2, 0.25) is 0 Å². The Morgan fingerprint density at radius 1 is 1.10 bits per heavy atom. The predicted octanol–water partition coefficient (Wildman–Crippen LogP) is 2.14. The van der Waals surface area contributed by atoms with E-state index < -0.39 is 9.84 Å². The molecule has 0 fully saturated rings. The molecule has 0 unspecified atom stereocenters. The van der Waals surface area contributed by atoms with Crippen LogP contribution in [-0.2, 0) is 16.3 Å². The molecule has 0 aliphatic rings. The lowest BCUT2D eigenvalue weighted by Gasteiger charge is -2.04. The van der Waals surface area contributed by atoms with Crippen molar-refractivity contribution in [2.24, 2.45) is 0 Å². The maximum Gasteiger partial charge on any atom is 0.339 e. The highest BCUT2D eigenvalue weighted by molar-refractivity contribution is 7.91. The van der Waals surface area contributed by atoms with E-state index in [-0.39, 0.29) is 14.8 Å². The summed E-state index contributed by atoms with van der Waals surface area (Å²) < 4.78 is 24.4. The zero-order valence-electron chi connectivity index (χ0n) is 11.8. The van der Waals surface area contributed by atoms with Gasteiger partial charge in [0.15, 0.2) is 0 Å². The fourth-order valence-corrected chi connectivity index (χ4v) is 2.78. The van der Waals surface area contributed by atoms with Crippen LogP contribution >= 0.6 is 0 Å². The second-order valence-corrected chi connectivity index (χ2v) is 5.60. The highest BCUT2D eigenvalue weighted by Gasteiger charge is 2.27. The van der Waals surface area contributed by atoms with Crippen LogP contribution in [0.15, 0.2) is 52.4 Å². The first kappa shape index (κ1) is 16.1. The number of benzene rings is 1. The second kappa shape index (κ2) is 7.00. The van der Waals surface area contributed by atoms with E-state index in [9.17, 15) is 13.6 Å². The lowest BCUT2D eigenvalue weighted by molar-refractivity contribution is -0.708. The molecular formula is C14H18N2O3S. The number of rotatable bonds is 3. The third-order valence-electron chi connectivity index (χ3n) is 2.52. The van der Waals surface area contributed by atoms with Crippen molar-refractivity contribution in [3.8, 4) is 0 Å². The van der Waals surface area contributed by atoms with Gasteiger partial charge in [0.1, 0.15) is 5.69 Å². The first-order valence-electron chi connectivity index (χ1n) is 6.45. The van der Waals surface area contributed by atoms with Crippen LogP contribution in [0.25, 0.3) is 0 Å². The Morgan fingerprint density at radius 3 is 2.20 bits per heavy atom. The van der Waals surface area contributed by atoms with E-state index >= 15 is 0 Å². The molecule has 20 heavy (non-hydrogen) atoms. The summed E-state index contributed by atoms with van der Waals surface area (Å²) in [5, 5.41) is 15.0. The molecule has 1 aromatic carbocycles. The summed E-state index contributed by atoms with van der Waals surface area (Å²) >= 11 is 0. The number of aryl methyl sites for hydroxylation is 1. The van der Waals surface area contributed by atoms with Crippen molar-refractivity contribution in [2.75, 3.05) is 0 Å². The molecule has 0 saturated carbocycles. The Labute approximate surface area is 119 Å². The minimum absolute atomic E-state index is 0.0839. The van der Waals surface area contributed by atoms with Crippen LogP contribution in [0, 0.1) is 5.21 Å². The highest BCUT2D eigenvalue weighted by Crippen LogP contribution is 2.16. The minimum Gasteiger partial charge on any atom is -0.593 e. The van der Waals surface area contributed by atoms with E-state index in [4.69, 9.17) is 0 Å². The molecule has 0 bridgehead atoms. The zero-order chi connectivity index (χ0) is 15.2. The van der Waals surface area contributed by atoms with Crippen molar-refractivity contribution in [1.29, 1.82) is 0 Å². The topological polar surface area (TPSA) is 74.0 Å². The molecule has 5 nitrogen and oxygen atoms in total. The molecule has 0 atom stereocenters. The van der Waals surface area contributed by atoms with E-state index in [1.807, 2.05) is 20.8 Å². The number of nitrogens with zero attached hydrogens (tertiary/aromatic N) is 2. The van der Waals surface area contributed by atoms with Crippen molar-refractivity contribution in [3.05, 3.63) is 53.4 Å². The maximum absolute atomic E-state index is 12.2. The largest absolute Gasteiger partial charge is 0.593 e. The van der Waals surface area contributed by atoms with Crippen molar-refractivity contribution in [1.82, 2.24) is 5.10 Å². The van der Waals surface area contributed by atoms with E-state index in [1.165, 1.54) is 18.2 Å². The van der Waals surface area contributed by atoms with Gasteiger partial charge in [-0.2, -0.15) is 0 Å². The molecule has 6 heteroatoms. The summed E-state index contributed by atoms with van der Waals surface area (Å²) in [4.78, 5) is 0.252. The van der Waals surface area contributed by atoms with Gasteiger partial charge in [-0.15, -0.1) is 0 Å². The first-order chi connectivity index (χ1) is 9.55. The Kier molecular flexibility index (Phi) is 5.64. The van der Waals surface area contributed by atoms with Crippen LogP contribution in [0.3, 0.4) is 0 Å². The number of aromatic nitrogens is 2. The quantitative estimate of drug-likeness (QED) is 0.642. The highest BCUT2D eigenvalue weighted by atomic mass is 32.2.